The molecule has 1 amide bonds. The summed E-state index contributed by atoms with van der Waals surface area (Å²) in [7, 11) is 0. The fraction of sp³-hybridized carbons (Fsp3) is 0.400. The topological polar surface area (TPSA) is 77.0 Å². The second-order valence-corrected chi connectivity index (χ2v) is 5.59. The lowest BCUT2D eigenvalue weighted by atomic mass is 10.1. The van der Waals surface area contributed by atoms with E-state index in [0.717, 1.165) is 23.6 Å². The Morgan fingerprint density at radius 2 is 2.08 bits per heavy atom. The Morgan fingerprint density at radius 1 is 1.33 bits per heavy atom. The number of alkyl halides is 3. The van der Waals surface area contributed by atoms with Crippen LogP contribution in [-0.2, 0) is 6.18 Å². The van der Waals surface area contributed by atoms with E-state index >= 15 is 0 Å². The fourth-order valence-electron chi connectivity index (χ4n) is 2.89. The third-order valence-corrected chi connectivity index (χ3v) is 4.08. The number of hydrogen-bond donors (Lipinski definition) is 1. The SMILES string of the molecule is NCC1CCCN1C(=O)c1cn(-c2ccccc2C(F)(F)F)nn1. The highest BCUT2D eigenvalue weighted by atomic mass is 19.4. The number of hydrogen-bond acceptors (Lipinski definition) is 4. The molecule has 0 radical (unpaired) electrons. The average Bonchev–Trinajstić information content (AvgIpc) is 3.22. The van der Waals surface area contributed by atoms with Crippen molar-refractivity contribution < 1.29 is 18.0 Å². The standard InChI is InChI=1S/C15H16F3N5O/c16-15(17,18)11-5-1-2-6-13(11)23-9-12(20-21-23)14(24)22-7-3-4-10(22)8-19/h1-2,5-6,9-10H,3-4,7-8,19H2. The molecule has 24 heavy (non-hydrogen) atoms. The maximum absolute atomic E-state index is 13.1. The van der Waals surface area contributed by atoms with E-state index in [1.165, 1.54) is 24.4 Å². The summed E-state index contributed by atoms with van der Waals surface area (Å²) in [4.78, 5) is 14.1. The van der Waals surface area contributed by atoms with Gasteiger partial charge in [-0.2, -0.15) is 13.2 Å². The van der Waals surface area contributed by atoms with Crippen molar-refractivity contribution in [3.8, 4) is 5.69 Å². The van der Waals surface area contributed by atoms with Gasteiger partial charge in [-0.1, -0.05) is 17.3 Å². The van der Waals surface area contributed by atoms with Gasteiger partial charge in [0.2, 0.25) is 0 Å². The summed E-state index contributed by atoms with van der Waals surface area (Å²) in [6.07, 6.45) is -1.64. The molecule has 1 aromatic carbocycles. The second kappa shape index (κ2) is 6.23. The number of halogens is 3. The van der Waals surface area contributed by atoms with Gasteiger partial charge < -0.3 is 10.6 Å². The van der Waals surface area contributed by atoms with E-state index in [1.54, 1.807) is 4.90 Å². The Bertz CT molecular complexity index is 743. The Balaban J connectivity index is 1.91. The molecule has 2 N–H and O–H groups in total. The summed E-state index contributed by atoms with van der Waals surface area (Å²) < 4.78 is 40.3. The van der Waals surface area contributed by atoms with E-state index in [9.17, 15) is 18.0 Å². The van der Waals surface area contributed by atoms with Crippen molar-refractivity contribution in [3.05, 3.63) is 41.7 Å². The number of likely N-dealkylation sites (tertiary alicyclic amines) is 1. The molecule has 1 unspecified atom stereocenters. The molecule has 1 atom stereocenters. The molecule has 0 saturated carbocycles. The van der Waals surface area contributed by atoms with Crippen LogP contribution in [0.2, 0.25) is 0 Å². The number of nitrogens with zero attached hydrogens (tertiary/aromatic N) is 4. The quantitative estimate of drug-likeness (QED) is 0.926. The van der Waals surface area contributed by atoms with Gasteiger partial charge in [0.25, 0.3) is 5.91 Å². The molecule has 0 bridgehead atoms. The number of benzene rings is 1. The number of carbonyl (C=O) groups is 1. The second-order valence-electron chi connectivity index (χ2n) is 5.59. The van der Waals surface area contributed by atoms with Gasteiger partial charge in [-0.05, 0) is 25.0 Å². The van der Waals surface area contributed by atoms with Gasteiger partial charge in [-0.15, -0.1) is 5.10 Å². The van der Waals surface area contributed by atoms with Crippen LogP contribution in [-0.4, -0.2) is 44.9 Å². The van der Waals surface area contributed by atoms with E-state index in [4.69, 9.17) is 5.73 Å². The molecule has 1 fully saturated rings. The van der Waals surface area contributed by atoms with Gasteiger partial charge in [0, 0.05) is 19.1 Å². The van der Waals surface area contributed by atoms with Crippen molar-refractivity contribution in [3.63, 3.8) is 0 Å². The van der Waals surface area contributed by atoms with Gasteiger partial charge in [-0.3, -0.25) is 4.79 Å². The molecule has 128 valence electrons. The molecule has 2 heterocycles. The predicted octanol–water partition coefficient (Wildman–Crippen LogP) is 1.85. The Morgan fingerprint density at radius 3 is 2.79 bits per heavy atom. The number of carbonyl (C=O) groups excluding carboxylic acids is 1. The van der Waals surface area contributed by atoms with Crippen LogP contribution in [0.1, 0.15) is 28.9 Å². The summed E-state index contributed by atoms with van der Waals surface area (Å²) >= 11 is 0. The van der Waals surface area contributed by atoms with Crippen molar-refractivity contribution in [1.82, 2.24) is 19.9 Å². The number of rotatable bonds is 3. The van der Waals surface area contributed by atoms with Gasteiger partial charge in [0.1, 0.15) is 0 Å². The van der Waals surface area contributed by atoms with Gasteiger partial charge in [0.05, 0.1) is 17.4 Å². The molecule has 2 aromatic rings. The zero-order valence-corrected chi connectivity index (χ0v) is 12.7. The van der Waals surface area contributed by atoms with E-state index in [2.05, 4.69) is 10.3 Å². The van der Waals surface area contributed by atoms with E-state index in [-0.39, 0.29) is 23.3 Å². The number of para-hydroxylation sites is 1. The van der Waals surface area contributed by atoms with Gasteiger partial charge in [0.15, 0.2) is 5.69 Å². The largest absolute Gasteiger partial charge is 0.418 e. The zero-order chi connectivity index (χ0) is 17.3. The zero-order valence-electron chi connectivity index (χ0n) is 12.7. The minimum atomic E-state index is -4.52. The van der Waals surface area contributed by atoms with Gasteiger partial charge in [-0.25, -0.2) is 4.68 Å². The van der Waals surface area contributed by atoms with E-state index in [0.29, 0.717) is 13.1 Å². The molecule has 1 aliphatic rings. The first-order valence-corrected chi connectivity index (χ1v) is 7.52. The molecular formula is C15H16F3N5O. The van der Waals surface area contributed by atoms with Crippen molar-refractivity contribution in [2.24, 2.45) is 5.73 Å². The third-order valence-electron chi connectivity index (χ3n) is 4.08. The summed E-state index contributed by atoms with van der Waals surface area (Å²) in [5.74, 6) is -0.362. The summed E-state index contributed by atoms with van der Waals surface area (Å²) in [5.41, 5.74) is 4.64. The highest BCUT2D eigenvalue weighted by molar-refractivity contribution is 5.92. The van der Waals surface area contributed by atoms with Crippen LogP contribution in [0.5, 0.6) is 0 Å². The Kier molecular flexibility index (Phi) is 4.27. The van der Waals surface area contributed by atoms with Crippen LogP contribution in [0.4, 0.5) is 13.2 Å². The van der Waals surface area contributed by atoms with Crippen molar-refractivity contribution in [2.75, 3.05) is 13.1 Å². The number of amides is 1. The average molecular weight is 339 g/mol. The van der Waals surface area contributed by atoms with Crippen LogP contribution in [0.3, 0.4) is 0 Å². The van der Waals surface area contributed by atoms with Crippen LogP contribution in [0.25, 0.3) is 5.69 Å². The first kappa shape index (κ1) is 16.4. The highest BCUT2D eigenvalue weighted by Gasteiger charge is 2.34. The number of nitrogens with two attached hydrogens (primary N) is 1. The minimum absolute atomic E-state index is 0.00678. The van der Waals surface area contributed by atoms with Crippen molar-refractivity contribution >= 4 is 5.91 Å². The van der Waals surface area contributed by atoms with Gasteiger partial charge >= 0.3 is 6.18 Å². The molecule has 1 aliphatic heterocycles. The molecule has 1 aromatic heterocycles. The first-order valence-electron chi connectivity index (χ1n) is 7.52. The summed E-state index contributed by atoms with van der Waals surface area (Å²) in [6, 6.07) is 4.95. The van der Waals surface area contributed by atoms with Crippen molar-refractivity contribution in [2.45, 2.75) is 25.1 Å². The monoisotopic (exact) mass is 339 g/mol. The maximum atomic E-state index is 13.1. The summed E-state index contributed by atoms with van der Waals surface area (Å²) in [5, 5.41) is 7.43. The number of aromatic nitrogens is 3. The fourth-order valence-corrected chi connectivity index (χ4v) is 2.89. The lowest BCUT2D eigenvalue weighted by Crippen LogP contribution is -2.40. The lowest BCUT2D eigenvalue weighted by molar-refractivity contribution is -0.137. The van der Waals surface area contributed by atoms with Crippen molar-refractivity contribution in [1.29, 1.82) is 0 Å². The predicted molar refractivity (Wildman–Crippen MR) is 79.5 cm³/mol. The summed E-state index contributed by atoms with van der Waals surface area (Å²) in [6.45, 7) is 0.906. The molecule has 0 spiro atoms. The maximum Gasteiger partial charge on any atom is 0.418 e. The van der Waals surface area contributed by atoms with E-state index in [1.807, 2.05) is 0 Å². The normalized spacial score (nSPS) is 18.2. The third kappa shape index (κ3) is 2.99. The van der Waals surface area contributed by atoms with Crippen LogP contribution >= 0.6 is 0 Å². The molecule has 6 nitrogen and oxygen atoms in total. The lowest BCUT2D eigenvalue weighted by Gasteiger charge is -2.22. The van der Waals surface area contributed by atoms with Crippen LogP contribution in [0.15, 0.2) is 30.5 Å². The van der Waals surface area contributed by atoms with Crippen LogP contribution in [0, 0.1) is 0 Å². The molecule has 3 rings (SSSR count). The first-order chi connectivity index (χ1) is 11.4. The molecular weight excluding hydrogens is 323 g/mol. The minimum Gasteiger partial charge on any atom is -0.333 e. The van der Waals surface area contributed by atoms with Crippen LogP contribution < -0.4 is 5.73 Å². The highest BCUT2D eigenvalue weighted by Crippen LogP contribution is 2.33. The molecule has 1 saturated heterocycles. The molecule has 0 aliphatic carbocycles. The smallest absolute Gasteiger partial charge is 0.333 e. The van der Waals surface area contributed by atoms with E-state index < -0.39 is 11.7 Å². The Hall–Kier alpha value is -2.42. The Labute approximate surface area is 136 Å². The molecule has 9 heteroatoms.